The van der Waals surface area contributed by atoms with E-state index in [9.17, 15) is 8.42 Å². The molecule has 0 aliphatic heterocycles. The summed E-state index contributed by atoms with van der Waals surface area (Å²) in [4.78, 5) is 0. The van der Waals surface area contributed by atoms with Crippen molar-refractivity contribution in [3.8, 4) is 5.75 Å². The second-order valence-electron chi connectivity index (χ2n) is 4.35. The van der Waals surface area contributed by atoms with Crippen LogP contribution in [0.5, 0.6) is 5.75 Å². The molecular formula is C12H14ClN3O3S. The van der Waals surface area contributed by atoms with E-state index in [-0.39, 0.29) is 5.75 Å². The van der Waals surface area contributed by atoms with Crippen molar-refractivity contribution in [3.05, 3.63) is 41.2 Å². The van der Waals surface area contributed by atoms with Gasteiger partial charge in [-0.25, -0.2) is 13.1 Å². The topological polar surface area (TPSA) is 74.1 Å². The summed E-state index contributed by atoms with van der Waals surface area (Å²) in [5, 5.41) is 8.30. The first-order valence-corrected chi connectivity index (χ1v) is 8.31. The third kappa shape index (κ3) is 4.82. The molecule has 0 radical (unpaired) electrons. The average molecular weight is 316 g/mol. The van der Waals surface area contributed by atoms with Gasteiger partial charge in [0.2, 0.25) is 0 Å². The lowest BCUT2D eigenvalue weighted by molar-refractivity contribution is 0.289. The SMILES string of the molecule is CS(=O)(=O)Cc1cn(CCOc2ccc(Cl)cc2)nn1. The van der Waals surface area contributed by atoms with Crippen LogP contribution in [0.1, 0.15) is 5.69 Å². The Morgan fingerprint density at radius 3 is 2.65 bits per heavy atom. The Labute approximate surface area is 122 Å². The summed E-state index contributed by atoms with van der Waals surface area (Å²) in [5.74, 6) is 0.608. The van der Waals surface area contributed by atoms with E-state index in [1.54, 1.807) is 35.1 Å². The molecule has 1 aromatic carbocycles. The van der Waals surface area contributed by atoms with Gasteiger partial charge in [0.05, 0.1) is 18.0 Å². The van der Waals surface area contributed by atoms with Crippen molar-refractivity contribution in [2.24, 2.45) is 0 Å². The fourth-order valence-corrected chi connectivity index (χ4v) is 2.37. The highest BCUT2D eigenvalue weighted by atomic mass is 35.5. The number of nitrogens with zero attached hydrogens (tertiary/aromatic N) is 3. The third-order valence-electron chi connectivity index (χ3n) is 2.40. The van der Waals surface area contributed by atoms with Gasteiger partial charge in [0.25, 0.3) is 0 Å². The van der Waals surface area contributed by atoms with Crippen LogP contribution in [-0.4, -0.2) is 36.3 Å². The lowest BCUT2D eigenvalue weighted by Crippen LogP contribution is -2.08. The summed E-state index contributed by atoms with van der Waals surface area (Å²) in [7, 11) is -3.09. The largest absolute Gasteiger partial charge is 0.492 e. The summed E-state index contributed by atoms with van der Waals surface area (Å²) < 4.78 is 29.3. The van der Waals surface area contributed by atoms with Gasteiger partial charge in [-0.05, 0) is 24.3 Å². The van der Waals surface area contributed by atoms with Crippen molar-refractivity contribution >= 4 is 21.4 Å². The quantitative estimate of drug-likeness (QED) is 0.808. The number of hydrogen-bond donors (Lipinski definition) is 0. The number of benzene rings is 1. The minimum Gasteiger partial charge on any atom is -0.492 e. The van der Waals surface area contributed by atoms with Gasteiger partial charge < -0.3 is 4.74 Å². The minimum absolute atomic E-state index is 0.106. The molecule has 6 nitrogen and oxygen atoms in total. The standard InChI is InChI=1S/C12H14ClN3O3S/c1-20(17,18)9-11-8-16(15-14-11)6-7-19-12-4-2-10(13)3-5-12/h2-5,8H,6-7,9H2,1H3. The summed E-state index contributed by atoms with van der Waals surface area (Å²) in [5.41, 5.74) is 0.430. The molecule has 8 heteroatoms. The monoisotopic (exact) mass is 315 g/mol. The molecule has 1 aromatic heterocycles. The van der Waals surface area contributed by atoms with Crippen molar-refractivity contribution in [3.63, 3.8) is 0 Å². The van der Waals surface area contributed by atoms with Crippen LogP contribution < -0.4 is 4.74 Å². The van der Waals surface area contributed by atoms with Crippen molar-refractivity contribution in [1.82, 2.24) is 15.0 Å². The van der Waals surface area contributed by atoms with E-state index in [0.29, 0.717) is 29.6 Å². The summed E-state index contributed by atoms with van der Waals surface area (Å²) in [6.07, 6.45) is 2.77. The maximum atomic E-state index is 11.1. The molecule has 20 heavy (non-hydrogen) atoms. The molecule has 0 amide bonds. The van der Waals surface area contributed by atoms with Crippen LogP contribution in [0.2, 0.25) is 5.02 Å². The van der Waals surface area contributed by atoms with Gasteiger partial charge in [-0.15, -0.1) is 5.10 Å². The molecule has 0 aliphatic rings. The van der Waals surface area contributed by atoms with Crippen LogP contribution in [0.15, 0.2) is 30.5 Å². The molecule has 2 rings (SSSR count). The number of sulfone groups is 1. The summed E-state index contributed by atoms with van der Waals surface area (Å²) in [6, 6.07) is 7.05. The molecule has 1 heterocycles. The Kier molecular flexibility index (Phi) is 4.61. The zero-order chi connectivity index (χ0) is 14.6. The van der Waals surface area contributed by atoms with Gasteiger partial charge in [-0.2, -0.15) is 0 Å². The van der Waals surface area contributed by atoms with Crippen LogP contribution in [0.3, 0.4) is 0 Å². The summed E-state index contributed by atoms with van der Waals surface area (Å²) in [6.45, 7) is 0.892. The Hall–Kier alpha value is -1.60. The Morgan fingerprint density at radius 2 is 2.00 bits per heavy atom. The Balaban J connectivity index is 1.84. The van der Waals surface area contributed by atoms with Gasteiger partial charge >= 0.3 is 0 Å². The number of aromatic nitrogens is 3. The van der Waals surface area contributed by atoms with E-state index in [1.165, 1.54) is 0 Å². The van der Waals surface area contributed by atoms with Crippen molar-refractivity contribution in [1.29, 1.82) is 0 Å². The van der Waals surface area contributed by atoms with Crippen LogP contribution >= 0.6 is 11.6 Å². The zero-order valence-corrected chi connectivity index (χ0v) is 12.4. The van der Waals surface area contributed by atoms with Gasteiger partial charge in [0.15, 0.2) is 9.84 Å². The molecule has 0 aliphatic carbocycles. The maximum absolute atomic E-state index is 11.1. The predicted molar refractivity (Wildman–Crippen MR) is 75.5 cm³/mol. The Morgan fingerprint density at radius 1 is 1.30 bits per heavy atom. The van der Waals surface area contributed by atoms with Crippen LogP contribution in [-0.2, 0) is 22.1 Å². The molecule has 0 unspecified atom stereocenters. The number of rotatable bonds is 6. The molecule has 0 spiro atoms. The highest BCUT2D eigenvalue weighted by Gasteiger charge is 2.08. The molecule has 108 valence electrons. The summed E-state index contributed by atoms with van der Waals surface area (Å²) >= 11 is 5.77. The molecule has 0 bridgehead atoms. The normalized spacial score (nSPS) is 11.5. The lowest BCUT2D eigenvalue weighted by Gasteiger charge is -2.05. The third-order valence-corrected chi connectivity index (χ3v) is 3.47. The first-order valence-electron chi connectivity index (χ1n) is 5.87. The van der Waals surface area contributed by atoms with Crippen LogP contribution in [0.4, 0.5) is 0 Å². The highest BCUT2D eigenvalue weighted by molar-refractivity contribution is 7.89. The second-order valence-corrected chi connectivity index (χ2v) is 6.92. The molecule has 2 aromatic rings. The van der Waals surface area contributed by atoms with E-state index in [1.807, 2.05) is 0 Å². The highest BCUT2D eigenvalue weighted by Crippen LogP contribution is 2.15. The predicted octanol–water partition coefficient (Wildman–Crippen LogP) is 1.56. The molecule has 0 atom stereocenters. The fraction of sp³-hybridized carbons (Fsp3) is 0.333. The molecular weight excluding hydrogens is 302 g/mol. The Bertz CT molecular complexity index is 668. The lowest BCUT2D eigenvalue weighted by atomic mass is 10.3. The van der Waals surface area contributed by atoms with E-state index in [0.717, 1.165) is 6.26 Å². The van der Waals surface area contributed by atoms with Gasteiger partial charge in [-0.1, -0.05) is 16.8 Å². The van der Waals surface area contributed by atoms with Gasteiger partial charge in [-0.3, -0.25) is 0 Å². The first kappa shape index (κ1) is 14.8. The van der Waals surface area contributed by atoms with Crippen LogP contribution in [0, 0.1) is 0 Å². The molecule has 0 saturated heterocycles. The van der Waals surface area contributed by atoms with E-state index >= 15 is 0 Å². The van der Waals surface area contributed by atoms with E-state index in [4.69, 9.17) is 16.3 Å². The van der Waals surface area contributed by atoms with Crippen molar-refractivity contribution < 1.29 is 13.2 Å². The van der Waals surface area contributed by atoms with Crippen molar-refractivity contribution in [2.75, 3.05) is 12.9 Å². The average Bonchev–Trinajstić information content (AvgIpc) is 2.77. The fourth-order valence-electron chi connectivity index (χ4n) is 1.57. The van der Waals surface area contributed by atoms with E-state index < -0.39 is 9.84 Å². The minimum atomic E-state index is -3.09. The van der Waals surface area contributed by atoms with Gasteiger partial charge in [0, 0.05) is 17.5 Å². The number of ether oxygens (including phenoxy) is 1. The maximum Gasteiger partial charge on any atom is 0.153 e. The zero-order valence-electron chi connectivity index (χ0n) is 10.9. The molecule has 0 fully saturated rings. The van der Waals surface area contributed by atoms with Gasteiger partial charge in [0.1, 0.15) is 12.4 Å². The van der Waals surface area contributed by atoms with E-state index in [2.05, 4.69) is 10.3 Å². The molecule has 0 N–H and O–H groups in total. The van der Waals surface area contributed by atoms with Crippen LogP contribution in [0.25, 0.3) is 0 Å². The second kappa shape index (κ2) is 6.23. The molecule has 0 saturated carbocycles. The number of halogens is 1. The number of hydrogen-bond acceptors (Lipinski definition) is 5. The smallest absolute Gasteiger partial charge is 0.153 e. The van der Waals surface area contributed by atoms with Crippen molar-refractivity contribution in [2.45, 2.75) is 12.3 Å². The first-order chi connectivity index (χ1) is 9.42.